The van der Waals surface area contributed by atoms with Crippen LogP contribution in [0.2, 0.25) is 0 Å². The van der Waals surface area contributed by atoms with Crippen molar-refractivity contribution in [2.45, 2.75) is 52.7 Å². The molecule has 0 aliphatic heterocycles. The van der Waals surface area contributed by atoms with Crippen molar-refractivity contribution in [2.24, 2.45) is 5.41 Å². The largest absolute Gasteiger partial charge is 0.393 e. The van der Waals surface area contributed by atoms with E-state index in [0.29, 0.717) is 13.0 Å². The highest BCUT2D eigenvalue weighted by molar-refractivity contribution is 5.83. The fraction of sp³-hybridized carbons (Fsp3) is 0.714. The lowest BCUT2D eigenvalue weighted by molar-refractivity contribution is -0.385. The zero-order valence-corrected chi connectivity index (χ0v) is 13.7. The Morgan fingerprint density at radius 1 is 1.50 bits per heavy atom. The van der Waals surface area contributed by atoms with Gasteiger partial charge in [-0.25, -0.2) is 0 Å². The van der Waals surface area contributed by atoms with Crippen LogP contribution in [0.1, 0.15) is 41.0 Å². The summed E-state index contributed by atoms with van der Waals surface area (Å²) in [5.74, 6) is -0.288. The Bertz CT molecular complexity index is 549. The molecule has 0 saturated carbocycles. The van der Waals surface area contributed by atoms with Crippen molar-refractivity contribution in [1.29, 1.82) is 0 Å². The van der Waals surface area contributed by atoms with E-state index in [9.17, 15) is 20.0 Å². The van der Waals surface area contributed by atoms with Gasteiger partial charge < -0.3 is 10.4 Å². The summed E-state index contributed by atoms with van der Waals surface area (Å²) in [6, 6.07) is 0. The molecule has 2 N–H and O–H groups in total. The van der Waals surface area contributed by atoms with Gasteiger partial charge in [0.2, 0.25) is 5.91 Å². The molecule has 0 bridgehead atoms. The van der Waals surface area contributed by atoms with E-state index in [-0.39, 0.29) is 17.0 Å². The van der Waals surface area contributed by atoms with E-state index in [4.69, 9.17) is 0 Å². The summed E-state index contributed by atoms with van der Waals surface area (Å²) in [6.45, 7) is 9.28. The number of nitro groups is 1. The van der Waals surface area contributed by atoms with E-state index in [2.05, 4.69) is 10.4 Å². The van der Waals surface area contributed by atoms with Gasteiger partial charge in [-0.3, -0.25) is 19.6 Å². The third kappa shape index (κ3) is 4.52. The average Bonchev–Trinajstić information content (AvgIpc) is 2.84. The van der Waals surface area contributed by atoms with Crippen LogP contribution in [-0.2, 0) is 10.3 Å². The van der Waals surface area contributed by atoms with E-state index in [1.54, 1.807) is 20.8 Å². The summed E-state index contributed by atoms with van der Waals surface area (Å²) >= 11 is 0. The molecule has 0 unspecified atom stereocenters. The maximum atomic E-state index is 12.4. The van der Waals surface area contributed by atoms with Crippen molar-refractivity contribution in [2.75, 3.05) is 6.54 Å². The Labute approximate surface area is 129 Å². The number of aliphatic hydroxyl groups is 1. The van der Waals surface area contributed by atoms with Gasteiger partial charge in [0.15, 0.2) is 0 Å². The van der Waals surface area contributed by atoms with Crippen LogP contribution in [0.5, 0.6) is 0 Å². The minimum atomic E-state index is -1.05. The van der Waals surface area contributed by atoms with E-state index in [1.165, 1.54) is 10.9 Å². The van der Waals surface area contributed by atoms with Crippen LogP contribution in [-0.4, -0.2) is 38.4 Å². The van der Waals surface area contributed by atoms with Crippen LogP contribution < -0.4 is 5.32 Å². The van der Waals surface area contributed by atoms with Gasteiger partial charge >= 0.3 is 5.69 Å². The number of rotatable bonds is 7. The molecular weight excluding hydrogens is 288 g/mol. The first-order valence-electron chi connectivity index (χ1n) is 7.11. The fourth-order valence-corrected chi connectivity index (χ4v) is 2.23. The zero-order valence-electron chi connectivity index (χ0n) is 13.7. The third-order valence-corrected chi connectivity index (χ3v) is 3.48. The van der Waals surface area contributed by atoms with Crippen molar-refractivity contribution in [1.82, 2.24) is 15.1 Å². The molecule has 0 spiro atoms. The van der Waals surface area contributed by atoms with Gasteiger partial charge in [0.1, 0.15) is 17.9 Å². The second kappa shape index (κ2) is 6.43. The Morgan fingerprint density at radius 3 is 2.55 bits per heavy atom. The Hall–Kier alpha value is -1.96. The van der Waals surface area contributed by atoms with E-state index in [0.717, 1.165) is 6.20 Å². The quantitative estimate of drug-likeness (QED) is 0.584. The highest BCUT2D eigenvalue weighted by Crippen LogP contribution is 2.23. The topological polar surface area (TPSA) is 110 Å². The van der Waals surface area contributed by atoms with Crippen molar-refractivity contribution in [3.63, 3.8) is 0 Å². The summed E-state index contributed by atoms with van der Waals surface area (Å²) in [5, 5.41) is 26.9. The molecule has 1 heterocycles. The molecule has 1 aromatic rings. The Morgan fingerprint density at radius 2 is 2.09 bits per heavy atom. The average molecular weight is 312 g/mol. The highest BCUT2D eigenvalue weighted by Gasteiger charge is 2.33. The minimum Gasteiger partial charge on any atom is -0.393 e. The molecule has 0 aromatic carbocycles. The predicted molar refractivity (Wildman–Crippen MR) is 81.3 cm³/mol. The SMILES string of the molecule is C[C@@H](O)CC(C)(C)CNC(=O)C(C)(C)n1cc([N+](=O)[O-])cn1. The monoisotopic (exact) mass is 312 g/mol. The number of aliphatic hydroxyl groups excluding tert-OH is 1. The predicted octanol–water partition coefficient (Wildman–Crippen LogP) is 1.44. The van der Waals surface area contributed by atoms with Crippen molar-refractivity contribution in [3.05, 3.63) is 22.5 Å². The summed E-state index contributed by atoms with van der Waals surface area (Å²) in [6.07, 6.45) is 2.46. The minimum absolute atomic E-state index is 0.157. The molecule has 0 aliphatic carbocycles. The van der Waals surface area contributed by atoms with E-state index < -0.39 is 16.6 Å². The molecule has 8 nitrogen and oxygen atoms in total. The smallest absolute Gasteiger partial charge is 0.307 e. The number of nitrogens with zero attached hydrogens (tertiary/aromatic N) is 3. The third-order valence-electron chi connectivity index (χ3n) is 3.48. The lowest BCUT2D eigenvalue weighted by atomic mass is 9.86. The molecule has 1 rings (SSSR count). The van der Waals surface area contributed by atoms with E-state index >= 15 is 0 Å². The van der Waals surface area contributed by atoms with Crippen LogP contribution >= 0.6 is 0 Å². The zero-order chi connectivity index (χ0) is 17.1. The molecule has 1 aromatic heterocycles. The van der Waals surface area contributed by atoms with Gasteiger partial charge in [0, 0.05) is 6.54 Å². The molecular formula is C14H24N4O4. The van der Waals surface area contributed by atoms with Gasteiger partial charge in [-0.05, 0) is 32.6 Å². The molecule has 1 atom stereocenters. The van der Waals surface area contributed by atoms with E-state index in [1.807, 2.05) is 13.8 Å². The number of nitrogens with one attached hydrogen (secondary N) is 1. The number of carbonyl (C=O) groups excluding carboxylic acids is 1. The number of aromatic nitrogens is 2. The van der Waals surface area contributed by atoms with Crippen LogP contribution in [0.3, 0.4) is 0 Å². The fourth-order valence-electron chi connectivity index (χ4n) is 2.23. The summed E-state index contributed by atoms with van der Waals surface area (Å²) in [7, 11) is 0. The molecule has 8 heteroatoms. The first kappa shape index (κ1) is 18.1. The van der Waals surface area contributed by atoms with Crippen LogP contribution in [0.25, 0.3) is 0 Å². The van der Waals surface area contributed by atoms with Gasteiger partial charge in [0.05, 0.1) is 11.0 Å². The lowest BCUT2D eigenvalue weighted by Gasteiger charge is -2.30. The summed E-state index contributed by atoms with van der Waals surface area (Å²) < 4.78 is 1.28. The van der Waals surface area contributed by atoms with Crippen LogP contribution in [0.15, 0.2) is 12.4 Å². The maximum absolute atomic E-state index is 12.4. The molecule has 0 aliphatic rings. The molecule has 124 valence electrons. The summed E-state index contributed by atoms with van der Waals surface area (Å²) in [5.41, 5.74) is -1.46. The van der Waals surface area contributed by atoms with Gasteiger partial charge in [-0.15, -0.1) is 0 Å². The highest BCUT2D eigenvalue weighted by atomic mass is 16.6. The number of amides is 1. The molecule has 1 amide bonds. The normalized spacial score (nSPS) is 13.7. The van der Waals surface area contributed by atoms with Crippen LogP contribution in [0, 0.1) is 15.5 Å². The first-order valence-corrected chi connectivity index (χ1v) is 7.11. The van der Waals surface area contributed by atoms with Gasteiger partial charge in [-0.1, -0.05) is 13.8 Å². The molecule has 22 heavy (non-hydrogen) atoms. The number of hydrogen-bond acceptors (Lipinski definition) is 5. The molecule has 0 fully saturated rings. The van der Waals surface area contributed by atoms with Gasteiger partial charge in [0.25, 0.3) is 0 Å². The standard InChI is InChI=1S/C14H24N4O4/c1-10(19)6-13(2,3)9-15-12(20)14(4,5)17-8-11(7-16-17)18(21)22/h7-8,10,19H,6,9H2,1-5H3,(H,15,20)/t10-/m1/s1. The Kier molecular flexibility index (Phi) is 5.29. The van der Waals surface area contributed by atoms with Crippen molar-refractivity contribution >= 4 is 11.6 Å². The van der Waals surface area contributed by atoms with Gasteiger partial charge in [-0.2, -0.15) is 5.10 Å². The second-order valence-corrected chi connectivity index (χ2v) is 6.86. The van der Waals surface area contributed by atoms with Crippen molar-refractivity contribution < 1.29 is 14.8 Å². The van der Waals surface area contributed by atoms with Crippen LogP contribution in [0.4, 0.5) is 5.69 Å². The maximum Gasteiger partial charge on any atom is 0.307 e. The molecule has 0 saturated heterocycles. The summed E-state index contributed by atoms with van der Waals surface area (Å²) in [4.78, 5) is 22.5. The van der Waals surface area contributed by atoms with Crippen molar-refractivity contribution in [3.8, 4) is 0 Å². The number of hydrogen-bond donors (Lipinski definition) is 2. The number of carbonyl (C=O) groups is 1. The molecule has 0 radical (unpaired) electrons. The Balaban J connectivity index is 2.76. The first-order chi connectivity index (χ1) is 9.95. The second-order valence-electron chi connectivity index (χ2n) is 6.86. The lowest BCUT2D eigenvalue weighted by Crippen LogP contribution is -2.47.